The first-order valence-electron chi connectivity index (χ1n) is 5.52. The van der Waals surface area contributed by atoms with Crippen LogP contribution in [0.25, 0.3) is 21.7 Å². The molecule has 0 saturated heterocycles. The van der Waals surface area contributed by atoms with Crippen LogP contribution in [-0.2, 0) is 0 Å². The maximum atomic E-state index is 13.8. The molecule has 0 amide bonds. The standard InChI is InChI=1S/C13H9FN4S/c14-10-7-17-5-3-9(10)12-11(18-13(15)19-12)8-2-1-4-16-6-8/h1-7H,(H2,15,18). The van der Waals surface area contributed by atoms with E-state index in [0.717, 1.165) is 5.56 Å². The van der Waals surface area contributed by atoms with Crippen LogP contribution in [0.4, 0.5) is 9.52 Å². The molecule has 3 aromatic rings. The lowest BCUT2D eigenvalue weighted by Gasteiger charge is -2.02. The quantitative estimate of drug-likeness (QED) is 0.779. The zero-order valence-corrected chi connectivity index (χ0v) is 10.6. The SMILES string of the molecule is Nc1nc(-c2cccnc2)c(-c2ccncc2F)s1. The van der Waals surface area contributed by atoms with Crippen LogP contribution in [0, 0.1) is 5.82 Å². The number of hydrogen-bond donors (Lipinski definition) is 1. The number of thiazole rings is 1. The molecule has 3 rings (SSSR count). The van der Waals surface area contributed by atoms with Gasteiger partial charge in [-0.05, 0) is 18.2 Å². The molecule has 0 atom stereocenters. The molecule has 0 bridgehead atoms. The minimum absolute atomic E-state index is 0.392. The van der Waals surface area contributed by atoms with Crippen molar-refractivity contribution >= 4 is 16.5 Å². The van der Waals surface area contributed by atoms with E-state index in [1.54, 1.807) is 30.7 Å². The Hall–Kier alpha value is -2.34. The number of rotatable bonds is 2. The number of nitrogen functional groups attached to an aromatic ring is 1. The van der Waals surface area contributed by atoms with Gasteiger partial charge in [-0.1, -0.05) is 11.3 Å². The van der Waals surface area contributed by atoms with Crippen LogP contribution in [0.2, 0.25) is 0 Å². The molecule has 0 radical (unpaired) electrons. The zero-order chi connectivity index (χ0) is 13.2. The van der Waals surface area contributed by atoms with Gasteiger partial charge in [0.05, 0.1) is 16.8 Å². The molecule has 0 aliphatic heterocycles. The number of hydrogen-bond acceptors (Lipinski definition) is 5. The van der Waals surface area contributed by atoms with E-state index in [0.29, 0.717) is 21.3 Å². The summed E-state index contributed by atoms with van der Waals surface area (Å²) in [7, 11) is 0. The second kappa shape index (κ2) is 4.74. The summed E-state index contributed by atoms with van der Waals surface area (Å²) < 4.78 is 13.8. The van der Waals surface area contributed by atoms with Crippen molar-refractivity contribution in [3.63, 3.8) is 0 Å². The summed E-state index contributed by atoms with van der Waals surface area (Å²) in [5.74, 6) is -0.392. The summed E-state index contributed by atoms with van der Waals surface area (Å²) >= 11 is 1.25. The van der Waals surface area contributed by atoms with Crippen LogP contribution >= 0.6 is 11.3 Å². The van der Waals surface area contributed by atoms with Gasteiger partial charge in [0.2, 0.25) is 0 Å². The number of halogens is 1. The topological polar surface area (TPSA) is 64.7 Å². The van der Waals surface area contributed by atoms with Gasteiger partial charge in [0.1, 0.15) is 5.82 Å². The molecule has 6 heteroatoms. The fourth-order valence-electron chi connectivity index (χ4n) is 1.78. The highest BCUT2D eigenvalue weighted by atomic mass is 32.1. The molecule has 0 aliphatic rings. The van der Waals surface area contributed by atoms with Crippen LogP contribution < -0.4 is 5.73 Å². The predicted octanol–water partition coefficient (Wildman–Crippen LogP) is 2.99. The Kier molecular flexibility index (Phi) is 2.92. The van der Waals surface area contributed by atoms with Crippen LogP contribution in [0.3, 0.4) is 0 Å². The Morgan fingerprint density at radius 2 is 1.95 bits per heavy atom. The molecule has 94 valence electrons. The summed E-state index contributed by atoms with van der Waals surface area (Å²) in [5, 5.41) is 0.394. The average Bonchev–Trinajstić information content (AvgIpc) is 2.82. The summed E-state index contributed by atoms with van der Waals surface area (Å²) in [6.07, 6.45) is 6.07. The molecule has 0 fully saturated rings. The van der Waals surface area contributed by atoms with Gasteiger partial charge in [-0.25, -0.2) is 9.37 Å². The third-order valence-electron chi connectivity index (χ3n) is 2.60. The Morgan fingerprint density at radius 3 is 2.68 bits per heavy atom. The van der Waals surface area contributed by atoms with E-state index in [2.05, 4.69) is 15.0 Å². The number of nitrogens with two attached hydrogens (primary N) is 1. The molecule has 0 saturated carbocycles. The summed E-state index contributed by atoms with van der Waals surface area (Å²) in [6, 6.07) is 5.28. The minimum atomic E-state index is -0.392. The first-order valence-corrected chi connectivity index (χ1v) is 6.34. The van der Waals surface area contributed by atoms with E-state index in [-0.39, 0.29) is 0 Å². The van der Waals surface area contributed by atoms with Gasteiger partial charge in [-0.15, -0.1) is 0 Å². The van der Waals surface area contributed by atoms with E-state index >= 15 is 0 Å². The van der Waals surface area contributed by atoms with Gasteiger partial charge < -0.3 is 5.73 Å². The molecule has 0 aliphatic carbocycles. The third kappa shape index (κ3) is 2.17. The van der Waals surface area contributed by atoms with Crippen molar-refractivity contribution in [2.24, 2.45) is 0 Å². The maximum absolute atomic E-state index is 13.8. The van der Waals surface area contributed by atoms with Crippen molar-refractivity contribution in [3.05, 3.63) is 48.8 Å². The smallest absolute Gasteiger partial charge is 0.181 e. The molecule has 4 nitrogen and oxygen atoms in total. The second-order valence-electron chi connectivity index (χ2n) is 3.83. The van der Waals surface area contributed by atoms with Gasteiger partial charge in [-0.3, -0.25) is 9.97 Å². The van der Waals surface area contributed by atoms with Gasteiger partial charge in [0, 0.05) is 29.7 Å². The van der Waals surface area contributed by atoms with Crippen molar-refractivity contribution in [3.8, 4) is 21.7 Å². The highest BCUT2D eigenvalue weighted by Gasteiger charge is 2.16. The Balaban J connectivity index is 2.21. The Bertz CT molecular complexity index is 712. The van der Waals surface area contributed by atoms with E-state index in [1.165, 1.54) is 17.5 Å². The molecule has 0 unspecified atom stereocenters. The zero-order valence-electron chi connectivity index (χ0n) is 9.75. The van der Waals surface area contributed by atoms with Crippen LogP contribution in [0.1, 0.15) is 0 Å². The van der Waals surface area contributed by atoms with E-state index in [4.69, 9.17) is 5.73 Å². The van der Waals surface area contributed by atoms with E-state index < -0.39 is 5.82 Å². The molecule has 3 heterocycles. The van der Waals surface area contributed by atoms with Gasteiger partial charge in [0.25, 0.3) is 0 Å². The molecule has 2 N–H and O–H groups in total. The van der Waals surface area contributed by atoms with Crippen LogP contribution in [0.15, 0.2) is 43.0 Å². The van der Waals surface area contributed by atoms with Crippen LogP contribution in [0.5, 0.6) is 0 Å². The molecular weight excluding hydrogens is 263 g/mol. The highest BCUT2D eigenvalue weighted by Crippen LogP contribution is 2.38. The van der Waals surface area contributed by atoms with Gasteiger partial charge in [0.15, 0.2) is 5.13 Å². The van der Waals surface area contributed by atoms with Gasteiger partial charge >= 0.3 is 0 Å². The third-order valence-corrected chi connectivity index (χ3v) is 3.51. The normalized spacial score (nSPS) is 10.6. The lowest BCUT2D eigenvalue weighted by atomic mass is 10.1. The number of nitrogens with zero attached hydrogens (tertiary/aromatic N) is 3. The van der Waals surface area contributed by atoms with E-state index in [9.17, 15) is 4.39 Å². The Labute approximate surface area is 112 Å². The molecule has 0 spiro atoms. The van der Waals surface area contributed by atoms with Crippen molar-refractivity contribution in [1.29, 1.82) is 0 Å². The lowest BCUT2D eigenvalue weighted by molar-refractivity contribution is 0.625. The van der Waals surface area contributed by atoms with Gasteiger partial charge in [-0.2, -0.15) is 0 Å². The second-order valence-corrected chi connectivity index (χ2v) is 4.86. The molecule has 19 heavy (non-hydrogen) atoms. The maximum Gasteiger partial charge on any atom is 0.181 e. The highest BCUT2D eigenvalue weighted by molar-refractivity contribution is 7.19. The van der Waals surface area contributed by atoms with E-state index in [1.807, 2.05) is 6.07 Å². The van der Waals surface area contributed by atoms with Crippen molar-refractivity contribution in [1.82, 2.24) is 15.0 Å². The Morgan fingerprint density at radius 1 is 1.11 bits per heavy atom. The molecule has 3 aromatic heterocycles. The summed E-state index contributed by atoms with van der Waals surface area (Å²) in [4.78, 5) is 12.7. The molecular formula is C13H9FN4S. The largest absolute Gasteiger partial charge is 0.375 e. The van der Waals surface area contributed by atoms with Crippen molar-refractivity contribution in [2.75, 3.05) is 5.73 Å². The predicted molar refractivity (Wildman–Crippen MR) is 72.9 cm³/mol. The minimum Gasteiger partial charge on any atom is -0.375 e. The first kappa shape index (κ1) is 11.7. The fraction of sp³-hybridized carbons (Fsp3) is 0. The molecule has 0 aromatic carbocycles. The van der Waals surface area contributed by atoms with Crippen LogP contribution in [-0.4, -0.2) is 15.0 Å². The summed E-state index contributed by atoms with van der Waals surface area (Å²) in [5.41, 5.74) is 7.65. The number of aromatic nitrogens is 3. The number of pyridine rings is 2. The summed E-state index contributed by atoms with van der Waals surface area (Å²) in [6.45, 7) is 0. The first-order chi connectivity index (χ1) is 9.25. The lowest BCUT2D eigenvalue weighted by Crippen LogP contribution is -1.87. The van der Waals surface area contributed by atoms with Crippen molar-refractivity contribution in [2.45, 2.75) is 0 Å². The number of anilines is 1. The fourth-order valence-corrected chi connectivity index (χ4v) is 2.66. The average molecular weight is 272 g/mol. The monoisotopic (exact) mass is 272 g/mol. The van der Waals surface area contributed by atoms with Crippen molar-refractivity contribution < 1.29 is 4.39 Å².